The third-order valence-electron chi connectivity index (χ3n) is 5.36. The summed E-state index contributed by atoms with van der Waals surface area (Å²) in [5.74, 6) is 0. The molecular weight excluding hydrogens is 226 g/mol. The largest absolute Gasteiger partial charge is 0.446 e. The summed E-state index contributed by atoms with van der Waals surface area (Å²) in [6, 6.07) is 0. The van der Waals surface area contributed by atoms with Gasteiger partial charge in [-0.25, -0.2) is 0 Å². The second kappa shape index (κ2) is 3.77. The molecule has 0 aromatic carbocycles. The first kappa shape index (κ1) is 14.4. The van der Waals surface area contributed by atoms with Gasteiger partial charge in [-0.15, -0.1) is 0 Å². The second-order valence-electron chi connectivity index (χ2n) is 7.88. The molecule has 0 saturated carbocycles. The molecule has 0 amide bonds. The van der Waals surface area contributed by atoms with Crippen molar-refractivity contribution in [2.75, 3.05) is 0 Å². The first-order valence-electron chi connectivity index (χ1n) is 6.91. The maximum absolute atomic E-state index is 6.18. The van der Waals surface area contributed by atoms with E-state index < -0.39 is 0 Å². The number of rotatable bonds is 1. The predicted molar refractivity (Wildman–Crippen MR) is 75.6 cm³/mol. The molecule has 2 fully saturated rings. The Morgan fingerprint density at radius 3 is 1.44 bits per heavy atom. The van der Waals surface area contributed by atoms with Gasteiger partial charge in [0.25, 0.3) is 0 Å². The SMILES string of the molecule is CC1(C)CB(B2OC(C)(C)C(C)(C)O2)OC1(C)C. The third-order valence-corrected chi connectivity index (χ3v) is 5.36. The molecule has 2 aliphatic rings. The van der Waals surface area contributed by atoms with Crippen LogP contribution in [-0.4, -0.2) is 30.6 Å². The van der Waals surface area contributed by atoms with E-state index in [1.54, 1.807) is 0 Å². The fraction of sp³-hybridized carbons (Fsp3) is 1.00. The molecule has 2 aliphatic heterocycles. The van der Waals surface area contributed by atoms with Crippen molar-refractivity contribution in [2.45, 2.75) is 78.5 Å². The van der Waals surface area contributed by atoms with Gasteiger partial charge in [0.05, 0.1) is 11.2 Å². The van der Waals surface area contributed by atoms with Gasteiger partial charge in [0.2, 0.25) is 0 Å². The van der Waals surface area contributed by atoms with E-state index in [4.69, 9.17) is 14.0 Å². The number of hydrogen-bond donors (Lipinski definition) is 0. The van der Waals surface area contributed by atoms with Crippen LogP contribution in [0, 0.1) is 5.41 Å². The Balaban J connectivity index is 2.14. The molecule has 0 unspecified atom stereocenters. The molecule has 102 valence electrons. The van der Waals surface area contributed by atoms with Gasteiger partial charge in [-0.2, -0.15) is 0 Å². The lowest BCUT2D eigenvalue weighted by atomic mass is 9.33. The quantitative estimate of drug-likeness (QED) is 0.671. The zero-order chi connectivity index (χ0) is 14.0. The van der Waals surface area contributed by atoms with Crippen LogP contribution in [0.25, 0.3) is 0 Å². The third kappa shape index (κ3) is 2.04. The molecule has 2 heterocycles. The summed E-state index contributed by atoms with van der Waals surface area (Å²) in [6.07, 6.45) is 0.969. The minimum Gasteiger partial charge on any atom is -0.431 e. The van der Waals surface area contributed by atoms with Gasteiger partial charge in [-0.1, -0.05) is 13.8 Å². The first-order chi connectivity index (χ1) is 7.88. The first-order valence-corrected chi connectivity index (χ1v) is 6.91. The Labute approximate surface area is 112 Å². The zero-order valence-electron chi connectivity index (χ0n) is 13.1. The van der Waals surface area contributed by atoms with Crippen molar-refractivity contribution >= 4 is 13.8 Å². The smallest absolute Gasteiger partial charge is 0.431 e. The van der Waals surface area contributed by atoms with Crippen LogP contribution in [0.4, 0.5) is 0 Å². The van der Waals surface area contributed by atoms with Gasteiger partial charge >= 0.3 is 13.8 Å². The summed E-state index contributed by atoms with van der Waals surface area (Å²) in [7, 11) is -0.254. The van der Waals surface area contributed by atoms with Gasteiger partial charge in [0, 0.05) is 5.60 Å². The van der Waals surface area contributed by atoms with Crippen LogP contribution in [-0.2, 0) is 14.0 Å². The summed E-state index contributed by atoms with van der Waals surface area (Å²) < 4.78 is 18.4. The van der Waals surface area contributed by atoms with Crippen molar-refractivity contribution in [1.29, 1.82) is 0 Å². The highest BCUT2D eigenvalue weighted by Gasteiger charge is 2.61. The van der Waals surface area contributed by atoms with Crippen LogP contribution in [0.1, 0.15) is 55.4 Å². The lowest BCUT2D eigenvalue weighted by Crippen LogP contribution is -2.41. The van der Waals surface area contributed by atoms with Crippen molar-refractivity contribution in [3.8, 4) is 0 Å². The Kier molecular flexibility index (Phi) is 3.02. The Bertz CT molecular complexity index is 284. The zero-order valence-corrected chi connectivity index (χ0v) is 13.1. The minimum atomic E-state index is -0.280. The maximum atomic E-state index is 6.18. The van der Waals surface area contributed by atoms with E-state index in [1.807, 2.05) is 0 Å². The van der Waals surface area contributed by atoms with Crippen molar-refractivity contribution in [2.24, 2.45) is 5.41 Å². The molecule has 0 atom stereocenters. The van der Waals surface area contributed by atoms with Crippen molar-refractivity contribution in [1.82, 2.24) is 0 Å². The molecule has 18 heavy (non-hydrogen) atoms. The van der Waals surface area contributed by atoms with Gasteiger partial charge in [0.1, 0.15) is 0 Å². The number of hydrogen-bond acceptors (Lipinski definition) is 3. The molecule has 0 bridgehead atoms. The monoisotopic (exact) mass is 252 g/mol. The summed E-state index contributed by atoms with van der Waals surface area (Å²) in [5.41, 5.74) is -0.557. The maximum Gasteiger partial charge on any atom is 0.446 e. The van der Waals surface area contributed by atoms with E-state index in [1.165, 1.54) is 0 Å². The van der Waals surface area contributed by atoms with E-state index in [0.29, 0.717) is 0 Å². The van der Waals surface area contributed by atoms with Crippen molar-refractivity contribution in [3.63, 3.8) is 0 Å². The fourth-order valence-corrected chi connectivity index (χ4v) is 2.52. The van der Waals surface area contributed by atoms with Crippen LogP contribution < -0.4 is 0 Å². The van der Waals surface area contributed by atoms with Crippen LogP contribution in [0.15, 0.2) is 0 Å². The van der Waals surface area contributed by atoms with Crippen LogP contribution in [0.2, 0.25) is 6.32 Å². The second-order valence-corrected chi connectivity index (χ2v) is 7.88. The lowest BCUT2D eigenvalue weighted by Gasteiger charge is -2.34. The summed E-state index contributed by atoms with van der Waals surface area (Å²) in [4.78, 5) is 0. The van der Waals surface area contributed by atoms with E-state index in [2.05, 4.69) is 55.4 Å². The molecule has 0 aliphatic carbocycles. The highest BCUT2D eigenvalue weighted by molar-refractivity contribution is 7.14. The molecule has 2 saturated heterocycles. The fourth-order valence-electron chi connectivity index (χ4n) is 2.52. The van der Waals surface area contributed by atoms with Gasteiger partial charge < -0.3 is 14.0 Å². The Morgan fingerprint density at radius 2 is 1.11 bits per heavy atom. The molecule has 5 heteroatoms. The lowest BCUT2D eigenvalue weighted by molar-refractivity contribution is 0.00578. The Morgan fingerprint density at radius 1 is 0.667 bits per heavy atom. The van der Waals surface area contributed by atoms with Crippen LogP contribution in [0.5, 0.6) is 0 Å². The standard InChI is InChI=1S/C13H26B2O3/c1-10(2)9-14(16-11(10,3)4)15-17-12(5,6)13(7,8)18-15/h9H2,1-8H3. The summed E-state index contributed by atoms with van der Waals surface area (Å²) in [5, 5.41) is 0. The van der Waals surface area contributed by atoms with Crippen molar-refractivity contribution < 1.29 is 14.0 Å². The highest BCUT2D eigenvalue weighted by atomic mass is 16.7. The summed E-state index contributed by atoms with van der Waals surface area (Å²) in [6.45, 7) is 17.1. The molecule has 0 spiro atoms. The van der Waals surface area contributed by atoms with Crippen LogP contribution in [0.3, 0.4) is 0 Å². The minimum absolute atomic E-state index is 0.0241. The molecule has 0 radical (unpaired) electrons. The van der Waals surface area contributed by atoms with E-state index in [9.17, 15) is 0 Å². The van der Waals surface area contributed by atoms with E-state index in [0.717, 1.165) is 6.32 Å². The predicted octanol–water partition coefficient (Wildman–Crippen LogP) is 2.98. The highest BCUT2D eigenvalue weighted by Crippen LogP contribution is 2.48. The molecule has 2 rings (SSSR count). The topological polar surface area (TPSA) is 27.7 Å². The van der Waals surface area contributed by atoms with E-state index >= 15 is 0 Å². The molecular formula is C13H26B2O3. The van der Waals surface area contributed by atoms with Gasteiger partial charge in [0.15, 0.2) is 0 Å². The molecule has 3 nitrogen and oxygen atoms in total. The van der Waals surface area contributed by atoms with Crippen molar-refractivity contribution in [3.05, 3.63) is 0 Å². The molecule has 0 aromatic heterocycles. The van der Waals surface area contributed by atoms with E-state index in [-0.39, 0.29) is 36.0 Å². The molecule has 0 aromatic rings. The average molecular weight is 252 g/mol. The average Bonchev–Trinajstić information content (AvgIpc) is 2.45. The van der Waals surface area contributed by atoms with Gasteiger partial charge in [-0.05, 0) is 53.3 Å². The Hall–Kier alpha value is 0.00987. The molecule has 0 N–H and O–H groups in total. The van der Waals surface area contributed by atoms with Crippen LogP contribution >= 0.6 is 0 Å². The summed E-state index contributed by atoms with van der Waals surface area (Å²) >= 11 is 0. The normalized spacial score (nSPS) is 32.0. The van der Waals surface area contributed by atoms with Gasteiger partial charge in [-0.3, -0.25) is 0 Å².